The van der Waals surface area contributed by atoms with E-state index >= 15 is 4.39 Å². The molecule has 0 aromatic heterocycles. The first-order valence-corrected chi connectivity index (χ1v) is 11.3. The monoisotopic (exact) mass is 509 g/mol. The van der Waals surface area contributed by atoms with Gasteiger partial charge in [-0.2, -0.15) is 18.4 Å². The number of benzene rings is 3. The predicted octanol–water partition coefficient (Wildman–Crippen LogP) is 6.78. The molecule has 0 aliphatic rings. The molecule has 0 heterocycles. The van der Waals surface area contributed by atoms with Crippen LogP contribution in [0.15, 0.2) is 89.4 Å². The van der Waals surface area contributed by atoms with Gasteiger partial charge in [0.1, 0.15) is 11.8 Å². The lowest BCUT2D eigenvalue weighted by molar-refractivity contribution is -0.110. The highest BCUT2D eigenvalue weighted by molar-refractivity contribution is 6.47. The Morgan fingerprint density at radius 1 is 1.11 bits per heavy atom. The number of nitrogens with zero attached hydrogens (tertiary/aromatic N) is 2. The number of hydrogen-bond donors (Lipinski definition) is 2. The zero-order valence-electron chi connectivity index (χ0n) is 19.8. The van der Waals surface area contributed by atoms with Gasteiger partial charge in [-0.05, 0) is 42.3 Å². The van der Waals surface area contributed by atoms with Gasteiger partial charge in [0.15, 0.2) is 5.82 Å². The van der Waals surface area contributed by atoms with Crippen molar-refractivity contribution in [2.24, 2.45) is 4.99 Å². The molecule has 3 aromatic carbocycles. The van der Waals surface area contributed by atoms with Crippen LogP contribution in [0.5, 0.6) is 0 Å². The number of alkyl halides is 3. The van der Waals surface area contributed by atoms with E-state index in [1.54, 1.807) is 37.3 Å². The van der Waals surface area contributed by atoms with Crippen LogP contribution < -0.4 is 5.32 Å². The number of allylic oxidation sites excluding steroid dienone is 1. The van der Waals surface area contributed by atoms with E-state index in [-0.39, 0.29) is 35.3 Å². The van der Waals surface area contributed by atoms with Gasteiger partial charge in [0.2, 0.25) is 0 Å². The van der Waals surface area contributed by atoms with Gasteiger partial charge in [-0.25, -0.2) is 9.38 Å². The van der Waals surface area contributed by atoms with Gasteiger partial charge in [-0.3, -0.25) is 4.79 Å². The third-order valence-electron chi connectivity index (χ3n) is 5.34. The second-order valence-electron chi connectivity index (χ2n) is 8.05. The average Bonchev–Trinajstić information content (AvgIpc) is 2.88. The van der Waals surface area contributed by atoms with Crippen molar-refractivity contribution in [3.05, 3.63) is 107 Å². The summed E-state index contributed by atoms with van der Waals surface area (Å²) in [5.74, 6) is -2.03. The molecule has 190 valence electrons. The molecule has 0 fully saturated rings. The summed E-state index contributed by atoms with van der Waals surface area (Å²) < 4.78 is 56.1. The average molecular weight is 510 g/mol. The Bertz CT molecular complexity index is 1360. The first-order chi connectivity index (χ1) is 17.6. The summed E-state index contributed by atoms with van der Waals surface area (Å²) in [6, 6.07) is 19.8. The Balaban J connectivity index is 2.02. The highest BCUT2D eigenvalue weighted by Gasteiger charge is 2.33. The maximum Gasteiger partial charge on any atom is 0.412 e. The molecule has 0 saturated carbocycles. The number of anilines is 1. The molecule has 5 nitrogen and oxygen atoms in total. The lowest BCUT2D eigenvalue weighted by Gasteiger charge is -2.16. The van der Waals surface area contributed by atoms with E-state index in [0.29, 0.717) is 11.6 Å². The molecule has 3 aromatic rings. The highest BCUT2D eigenvalue weighted by Crippen LogP contribution is 2.31. The van der Waals surface area contributed by atoms with Gasteiger partial charge >= 0.3 is 6.18 Å². The van der Waals surface area contributed by atoms with Crippen molar-refractivity contribution in [3.63, 3.8) is 0 Å². The lowest BCUT2D eigenvalue weighted by Crippen LogP contribution is -2.24. The van der Waals surface area contributed by atoms with Gasteiger partial charge in [0.25, 0.3) is 5.91 Å². The molecule has 0 saturated heterocycles. The van der Waals surface area contributed by atoms with E-state index in [1.165, 1.54) is 42.5 Å². The number of nitriles is 1. The van der Waals surface area contributed by atoms with Crippen LogP contribution in [0, 0.1) is 17.1 Å². The number of aliphatic imine (C=N–C) groups is 1. The summed E-state index contributed by atoms with van der Waals surface area (Å²) in [6.07, 6.45) is -5.62. The molecule has 2 N–H and O–H groups in total. The molecule has 0 radical (unpaired) electrons. The van der Waals surface area contributed by atoms with E-state index in [2.05, 4.69) is 10.3 Å². The second kappa shape index (κ2) is 12.1. The fraction of sp³-hybridized carbons (Fsp3) is 0.179. The number of carbonyl (C=O) groups is 1. The smallest absolute Gasteiger partial charge is 0.384 e. The first-order valence-electron chi connectivity index (χ1n) is 11.3. The number of nitrogens with one attached hydrogen (secondary N) is 1. The molecule has 1 amide bonds. The Labute approximate surface area is 211 Å². The SMILES string of the molecule is CCC/C(=C\C(=Nc1cccc(C#N)c1)C(=O)Nc1cccc(C(O)c2ccccc2)c1F)C(F)(F)F. The second-order valence-corrected chi connectivity index (χ2v) is 8.05. The summed E-state index contributed by atoms with van der Waals surface area (Å²) >= 11 is 0. The highest BCUT2D eigenvalue weighted by atomic mass is 19.4. The van der Waals surface area contributed by atoms with Crippen LogP contribution in [0.3, 0.4) is 0 Å². The standard InChI is InChI=1S/C28H23F4N3O2/c1-2-8-20(28(30,31)32)16-24(34-21-12-6-9-18(15-21)17-33)27(37)35-23-14-7-13-22(25(23)29)26(36)19-10-4-3-5-11-19/h3-7,9-16,26,36H,2,8H2,1H3,(H,35,37)/b20-16+,34-24?. The van der Waals surface area contributed by atoms with Crippen LogP contribution in [-0.4, -0.2) is 22.9 Å². The summed E-state index contributed by atoms with van der Waals surface area (Å²) in [7, 11) is 0. The molecule has 0 bridgehead atoms. The molecule has 1 unspecified atom stereocenters. The van der Waals surface area contributed by atoms with Gasteiger partial charge < -0.3 is 10.4 Å². The molecule has 3 rings (SSSR count). The third-order valence-corrected chi connectivity index (χ3v) is 5.34. The molecule has 1 atom stereocenters. The van der Waals surface area contributed by atoms with Crippen LogP contribution >= 0.6 is 0 Å². The molecule has 0 aliphatic carbocycles. The number of aliphatic hydroxyl groups is 1. The summed E-state index contributed by atoms with van der Waals surface area (Å²) in [5.41, 5.74) is -1.37. The zero-order chi connectivity index (χ0) is 27.0. The summed E-state index contributed by atoms with van der Waals surface area (Å²) in [4.78, 5) is 17.1. The Kier molecular flexibility index (Phi) is 8.93. The van der Waals surface area contributed by atoms with Gasteiger partial charge in [-0.15, -0.1) is 0 Å². The third kappa shape index (κ3) is 7.12. The van der Waals surface area contributed by atoms with E-state index in [0.717, 1.165) is 0 Å². The summed E-state index contributed by atoms with van der Waals surface area (Å²) in [5, 5.41) is 22.0. The fourth-order valence-corrected chi connectivity index (χ4v) is 3.52. The van der Waals surface area contributed by atoms with Crippen molar-refractivity contribution in [1.29, 1.82) is 5.26 Å². The predicted molar refractivity (Wildman–Crippen MR) is 133 cm³/mol. The van der Waals surface area contributed by atoms with Crippen LogP contribution in [0.25, 0.3) is 0 Å². The van der Waals surface area contributed by atoms with Crippen LogP contribution in [0.2, 0.25) is 0 Å². The van der Waals surface area contributed by atoms with Crippen LogP contribution in [0.1, 0.15) is 42.6 Å². The van der Waals surface area contributed by atoms with Crippen molar-refractivity contribution in [2.75, 3.05) is 5.32 Å². The first kappa shape index (κ1) is 27.3. The number of rotatable bonds is 8. The zero-order valence-corrected chi connectivity index (χ0v) is 19.8. The molecular weight excluding hydrogens is 486 g/mol. The molecular formula is C28H23F4N3O2. The summed E-state index contributed by atoms with van der Waals surface area (Å²) in [6.45, 7) is 1.56. The van der Waals surface area contributed by atoms with Crippen molar-refractivity contribution in [1.82, 2.24) is 0 Å². The Morgan fingerprint density at radius 3 is 2.46 bits per heavy atom. The fourth-order valence-electron chi connectivity index (χ4n) is 3.52. The number of carbonyl (C=O) groups excluding carboxylic acids is 1. The van der Waals surface area contributed by atoms with E-state index in [1.807, 2.05) is 6.07 Å². The van der Waals surface area contributed by atoms with Gasteiger partial charge in [0.05, 0.1) is 23.0 Å². The maximum absolute atomic E-state index is 15.3. The number of hydrogen-bond acceptors (Lipinski definition) is 4. The molecule has 0 aliphatic heterocycles. The van der Waals surface area contributed by atoms with Crippen molar-refractivity contribution < 1.29 is 27.5 Å². The Morgan fingerprint density at radius 2 is 1.81 bits per heavy atom. The van der Waals surface area contributed by atoms with Crippen molar-refractivity contribution >= 4 is 23.0 Å². The maximum atomic E-state index is 15.3. The van der Waals surface area contributed by atoms with E-state index < -0.39 is 35.3 Å². The minimum atomic E-state index is -4.71. The van der Waals surface area contributed by atoms with Crippen molar-refractivity contribution in [3.8, 4) is 6.07 Å². The van der Waals surface area contributed by atoms with Crippen LogP contribution in [0.4, 0.5) is 28.9 Å². The Hall–Kier alpha value is -4.29. The normalized spacial score (nSPS) is 13.1. The number of halogens is 4. The van der Waals surface area contributed by atoms with E-state index in [4.69, 9.17) is 5.26 Å². The molecule has 9 heteroatoms. The topological polar surface area (TPSA) is 85.5 Å². The number of amides is 1. The number of aliphatic hydroxyl groups excluding tert-OH is 1. The van der Waals surface area contributed by atoms with Gasteiger partial charge in [-0.1, -0.05) is 61.9 Å². The van der Waals surface area contributed by atoms with Crippen LogP contribution in [-0.2, 0) is 4.79 Å². The minimum absolute atomic E-state index is 0.0761. The lowest BCUT2D eigenvalue weighted by atomic mass is 10.0. The van der Waals surface area contributed by atoms with Gasteiger partial charge in [0, 0.05) is 11.1 Å². The molecule has 0 spiro atoms. The van der Waals surface area contributed by atoms with E-state index in [9.17, 15) is 23.1 Å². The minimum Gasteiger partial charge on any atom is -0.384 e. The largest absolute Gasteiger partial charge is 0.412 e. The molecule has 37 heavy (non-hydrogen) atoms. The quantitative estimate of drug-likeness (QED) is 0.259. The van der Waals surface area contributed by atoms with Crippen molar-refractivity contribution in [2.45, 2.75) is 32.0 Å².